The SMILES string of the molecule is C=Cc1cccc(C(C)(C)N)c1. The van der Waals surface area contributed by atoms with Crippen LogP contribution >= 0.6 is 0 Å². The van der Waals surface area contributed by atoms with Crippen molar-refractivity contribution in [1.82, 2.24) is 0 Å². The van der Waals surface area contributed by atoms with Gasteiger partial charge in [-0.25, -0.2) is 0 Å². The predicted molar refractivity (Wildman–Crippen MR) is 53.7 cm³/mol. The van der Waals surface area contributed by atoms with Crippen molar-refractivity contribution in [2.75, 3.05) is 0 Å². The molecule has 0 aromatic heterocycles. The van der Waals surface area contributed by atoms with Crippen LogP contribution in [0.1, 0.15) is 25.0 Å². The van der Waals surface area contributed by atoms with Crippen LogP contribution in [0.25, 0.3) is 6.08 Å². The molecule has 0 atom stereocenters. The fourth-order valence-corrected chi connectivity index (χ4v) is 1.07. The van der Waals surface area contributed by atoms with Gasteiger partial charge in [-0.05, 0) is 31.0 Å². The first-order chi connectivity index (χ1) is 5.54. The first kappa shape index (κ1) is 9.01. The van der Waals surface area contributed by atoms with E-state index in [1.54, 1.807) is 0 Å². The average molecular weight is 161 g/mol. The Morgan fingerprint density at radius 2 is 2.08 bits per heavy atom. The summed E-state index contributed by atoms with van der Waals surface area (Å²) < 4.78 is 0. The van der Waals surface area contributed by atoms with E-state index in [2.05, 4.69) is 12.6 Å². The van der Waals surface area contributed by atoms with Gasteiger partial charge in [0, 0.05) is 5.54 Å². The molecule has 1 aromatic carbocycles. The molecule has 0 saturated heterocycles. The fourth-order valence-electron chi connectivity index (χ4n) is 1.07. The van der Waals surface area contributed by atoms with Gasteiger partial charge in [-0.2, -0.15) is 0 Å². The first-order valence-electron chi connectivity index (χ1n) is 4.06. The van der Waals surface area contributed by atoms with Crippen LogP contribution in [0.3, 0.4) is 0 Å². The van der Waals surface area contributed by atoms with Crippen molar-refractivity contribution in [3.63, 3.8) is 0 Å². The molecule has 1 aromatic rings. The Morgan fingerprint density at radius 1 is 1.42 bits per heavy atom. The smallest absolute Gasteiger partial charge is 0.0352 e. The average Bonchev–Trinajstić information content (AvgIpc) is 2.03. The third kappa shape index (κ3) is 1.95. The summed E-state index contributed by atoms with van der Waals surface area (Å²) in [6.07, 6.45) is 1.83. The Kier molecular flexibility index (Phi) is 2.34. The lowest BCUT2D eigenvalue weighted by molar-refractivity contribution is 0.554. The summed E-state index contributed by atoms with van der Waals surface area (Å²) in [5, 5.41) is 0. The third-order valence-corrected chi connectivity index (χ3v) is 1.87. The molecule has 1 rings (SSSR count). The van der Waals surface area contributed by atoms with E-state index in [-0.39, 0.29) is 5.54 Å². The second kappa shape index (κ2) is 3.11. The molecule has 0 saturated carbocycles. The van der Waals surface area contributed by atoms with Gasteiger partial charge in [0.25, 0.3) is 0 Å². The van der Waals surface area contributed by atoms with Gasteiger partial charge in [0.05, 0.1) is 0 Å². The van der Waals surface area contributed by atoms with Crippen molar-refractivity contribution in [3.05, 3.63) is 42.0 Å². The normalized spacial score (nSPS) is 11.2. The number of rotatable bonds is 2. The van der Waals surface area contributed by atoms with Crippen LogP contribution in [0.5, 0.6) is 0 Å². The first-order valence-corrected chi connectivity index (χ1v) is 4.06. The van der Waals surface area contributed by atoms with Gasteiger partial charge < -0.3 is 5.73 Å². The molecule has 0 aliphatic carbocycles. The van der Waals surface area contributed by atoms with Gasteiger partial charge >= 0.3 is 0 Å². The quantitative estimate of drug-likeness (QED) is 0.708. The molecule has 2 N–H and O–H groups in total. The zero-order chi connectivity index (χ0) is 9.19. The molecular weight excluding hydrogens is 146 g/mol. The summed E-state index contributed by atoms with van der Waals surface area (Å²) in [6, 6.07) is 8.11. The lowest BCUT2D eigenvalue weighted by Crippen LogP contribution is -2.28. The molecule has 0 radical (unpaired) electrons. The molecule has 64 valence electrons. The minimum absolute atomic E-state index is 0.265. The monoisotopic (exact) mass is 161 g/mol. The largest absolute Gasteiger partial charge is 0.322 e. The van der Waals surface area contributed by atoms with E-state index >= 15 is 0 Å². The molecule has 0 amide bonds. The van der Waals surface area contributed by atoms with Gasteiger partial charge in [0.1, 0.15) is 0 Å². The Labute approximate surface area is 73.9 Å². The molecular formula is C11H15N. The molecule has 0 fully saturated rings. The molecule has 0 heterocycles. The van der Waals surface area contributed by atoms with Crippen molar-refractivity contribution >= 4 is 6.08 Å². The maximum atomic E-state index is 5.95. The molecule has 12 heavy (non-hydrogen) atoms. The van der Waals surface area contributed by atoms with Gasteiger partial charge in [-0.3, -0.25) is 0 Å². The molecule has 0 aliphatic heterocycles. The Hall–Kier alpha value is -1.08. The Morgan fingerprint density at radius 3 is 2.58 bits per heavy atom. The van der Waals surface area contributed by atoms with Crippen LogP contribution in [-0.4, -0.2) is 0 Å². The van der Waals surface area contributed by atoms with E-state index in [9.17, 15) is 0 Å². The maximum Gasteiger partial charge on any atom is 0.0352 e. The van der Waals surface area contributed by atoms with E-state index in [1.165, 1.54) is 0 Å². The number of nitrogens with two attached hydrogens (primary N) is 1. The lowest BCUT2D eigenvalue weighted by atomic mass is 9.94. The van der Waals surface area contributed by atoms with Crippen molar-refractivity contribution in [2.45, 2.75) is 19.4 Å². The summed E-state index contributed by atoms with van der Waals surface area (Å²) >= 11 is 0. The van der Waals surface area contributed by atoms with E-state index < -0.39 is 0 Å². The summed E-state index contributed by atoms with van der Waals surface area (Å²) in [6.45, 7) is 7.70. The van der Waals surface area contributed by atoms with Gasteiger partial charge in [0.2, 0.25) is 0 Å². The highest BCUT2D eigenvalue weighted by molar-refractivity contribution is 5.48. The highest BCUT2D eigenvalue weighted by Crippen LogP contribution is 2.18. The van der Waals surface area contributed by atoms with Gasteiger partial charge in [-0.15, -0.1) is 0 Å². The fraction of sp³-hybridized carbons (Fsp3) is 0.273. The molecule has 0 bridgehead atoms. The van der Waals surface area contributed by atoms with Gasteiger partial charge in [-0.1, -0.05) is 30.9 Å². The highest BCUT2D eigenvalue weighted by Gasteiger charge is 2.12. The topological polar surface area (TPSA) is 26.0 Å². The molecule has 0 spiro atoms. The highest BCUT2D eigenvalue weighted by atomic mass is 14.7. The Bertz CT molecular complexity index is 281. The summed E-state index contributed by atoms with van der Waals surface area (Å²) in [5.41, 5.74) is 7.94. The summed E-state index contributed by atoms with van der Waals surface area (Å²) in [7, 11) is 0. The Balaban J connectivity index is 3.10. The maximum absolute atomic E-state index is 5.95. The van der Waals surface area contributed by atoms with Crippen molar-refractivity contribution < 1.29 is 0 Å². The molecule has 0 aliphatic rings. The number of hydrogen-bond acceptors (Lipinski definition) is 1. The predicted octanol–water partition coefficient (Wildman–Crippen LogP) is 2.52. The van der Waals surface area contributed by atoms with Crippen LogP contribution in [-0.2, 0) is 5.54 Å². The minimum atomic E-state index is -0.265. The zero-order valence-electron chi connectivity index (χ0n) is 7.67. The van der Waals surface area contributed by atoms with E-state index in [4.69, 9.17) is 5.73 Å². The second-order valence-corrected chi connectivity index (χ2v) is 3.55. The van der Waals surface area contributed by atoms with Crippen LogP contribution in [0.15, 0.2) is 30.8 Å². The third-order valence-electron chi connectivity index (χ3n) is 1.87. The van der Waals surface area contributed by atoms with Gasteiger partial charge in [0.15, 0.2) is 0 Å². The summed E-state index contributed by atoms with van der Waals surface area (Å²) in [4.78, 5) is 0. The molecule has 1 nitrogen and oxygen atoms in total. The van der Waals surface area contributed by atoms with Crippen LogP contribution in [0, 0.1) is 0 Å². The lowest BCUT2D eigenvalue weighted by Gasteiger charge is -2.19. The standard InChI is InChI=1S/C11H15N/c1-4-9-6-5-7-10(8-9)11(2,3)12/h4-8H,1,12H2,2-3H3. The molecule has 1 heteroatoms. The minimum Gasteiger partial charge on any atom is -0.322 e. The van der Waals surface area contributed by atoms with E-state index in [1.807, 2.05) is 38.1 Å². The number of hydrogen-bond donors (Lipinski definition) is 1. The zero-order valence-corrected chi connectivity index (χ0v) is 7.67. The van der Waals surface area contributed by atoms with Crippen molar-refractivity contribution in [2.24, 2.45) is 5.73 Å². The van der Waals surface area contributed by atoms with E-state index in [0.717, 1.165) is 11.1 Å². The van der Waals surface area contributed by atoms with Crippen molar-refractivity contribution in [3.8, 4) is 0 Å². The number of benzene rings is 1. The molecule has 0 unspecified atom stereocenters. The second-order valence-electron chi connectivity index (χ2n) is 3.55. The van der Waals surface area contributed by atoms with Crippen LogP contribution in [0.4, 0.5) is 0 Å². The van der Waals surface area contributed by atoms with Crippen molar-refractivity contribution in [1.29, 1.82) is 0 Å². The van der Waals surface area contributed by atoms with Crippen LogP contribution in [0.2, 0.25) is 0 Å². The van der Waals surface area contributed by atoms with E-state index in [0.29, 0.717) is 0 Å². The summed E-state index contributed by atoms with van der Waals surface area (Å²) in [5.74, 6) is 0. The van der Waals surface area contributed by atoms with Crippen LogP contribution < -0.4 is 5.73 Å².